The van der Waals surface area contributed by atoms with Crippen molar-refractivity contribution in [1.29, 1.82) is 0 Å². The lowest BCUT2D eigenvalue weighted by Gasteiger charge is -2.26. The van der Waals surface area contributed by atoms with Crippen molar-refractivity contribution < 1.29 is 19.1 Å². The van der Waals surface area contributed by atoms with Crippen LogP contribution < -0.4 is 11.1 Å². The monoisotopic (exact) mass is 398 g/mol. The van der Waals surface area contributed by atoms with Crippen molar-refractivity contribution in [3.63, 3.8) is 0 Å². The second-order valence-corrected chi connectivity index (χ2v) is 7.56. The Balaban J connectivity index is 1.60. The van der Waals surface area contributed by atoms with Gasteiger partial charge in [-0.2, -0.15) is 0 Å². The smallest absolute Gasteiger partial charge is 0.339 e. The molecule has 0 fully saturated rings. The quantitative estimate of drug-likeness (QED) is 0.552. The van der Waals surface area contributed by atoms with Crippen LogP contribution in [0, 0.1) is 0 Å². The number of hydrogen-bond acceptors (Lipinski definition) is 5. The molecule has 2 aromatic rings. The Labute approximate surface area is 167 Å². The van der Waals surface area contributed by atoms with Gasteiger partial charge in [-0.25, -0.2) is 4.79 Å². The van der Waals surface area contributed by atoms with Crippen molar-refractivity contribution in [2.24, 2.45) is 5.73 Å². The maximum atomic E-state index is 12.5. The topological polar surface area (TPSA) is 98.5 Å². The molecule has 7 heteroatoms. The van der Waals surface area contributed by atoms with Crippen molar-refractivity contribution in [3.8, 4) is 0 Å². The number of aryl methyl sites for hydroxylation is 1. The van der Waals surface area contributed by atoms with Gasteiger partial charge in [0.25, 0.3) is 5.91 Å². The van der Waals surface area contributed by atoms with Crippen LogP contribution >= 0.6 is 11.8 Å². The van der Waals surface area contributed by atoms with E-state index < -0.39 is 18.5 Å². The number of esters is 1. The summed E-state index contributed by atoms with van der Waals surface area (Å²) >= 11 is 1.26. The summed E-state index contributed by atoms with van der Waals surface area (Å²) in [5.41, 5.74) is 7.78. The fourth-order valence-corrected chi connectivity index (χ4v) is 4.11. The van der Waals surface area contributed by atoms with Crippen LogP contribution in [0.5, 0.6) is 0 Å². The summed E-state index contributed by atoms with van der Waals surface area (Å²) in [6, 6.07) is 15.0. The van der Waals surface area contributed by atoms with Crippen LogP contribution in [-0.2, 0) is 20.7 Å². The lowest BCUT2D eigenvalue weighted by atomic mass is 9.88. The lowest BCUT2D eigenvalue weighted by molar-refractivity contribution is -0.121. The molecule has 0 saturated heterocycles. The minimum atomic E-state index is -0.717. The average molecular weight is 398 g/mol. The van der Waals surface area contributed by atoms with Gasteiger partial charge in [0.05, 0.1) is 17.4 Å². The molecule has 2 aromatic carbocycles. The molecule has 1 aliphatic carbocycles. The molecule has 0 aromatic heterocycles. The number of primary amides is 1. The van der Waals surface area contributed by atoms with E-state index in [1.807, 2.05) is 12.1 Å². The number of nitrogens with two attached hydrogens (primary N) is 1. The van der Waals surface area contributed by atoms with Gasteiger partial charge in [0.1, 0.15) is 0 Å². The van der Waals surface area contributed by atoms with Gasteiger partial charge in [-0.3, -0.25) is 9.59 Å². The summed E-state index contributed by atoms with van der Waals surface area (Å²) < 4.78 is 4.87. The lowest BCUT2D eigenvalue weighted by Crippen LogP contribution is -2.32. The van der Waals surface area contributed by atoms with Gasteiger partial charge in [0.15, 0.2) is 6.61 Å². The van der Waals surface area contributed by atoms with E-state index in [9.17, 15) is 14.4 Å². The highest BCUT2D eigenvalue weighted by atomic mass is 32.2. The zero-order valence-electron chi connectivity index (χ0n) is 15.4. The SMILES string of the molecule is NC(=O)COC(=O)c1ccccc1SCC(=O)NC1CCCc2ccccc21. The minimum Gasteiger partial charge on any atom is -0.452 e. The summed E-state index contributed by atoms with van der Waals surface area (Å²) in [7, 11) is 0. The zero-order valence-corrected chi connectivity index (χ0v) is 16.2. The Morgan fingerprint density at radius 1 is 1.11 bits per heavy atom. The molecule has 28 heavy (non-hydrogen) atoms. The number of benzene rings is 2. The molecule has 3 N–H and O–H groups in total. The second kappa shape index (κ2) is 9.41. The first kappa shape index (κ1) is 19.9. The summed E-state index contributed by atoms with van der Waals surface area (Å²) in [4.78, 5) is 36.0. The van der Waals surface area contributed by atoms with E-state index in [1.54, 1.807) is 24.3 Å². The summed E-state index contributed by atoms with van der Waals surface area (Å²) in [6.07, 6.45) is 3.01. The van der Waals surface area contributed by atoms with Gasteiger partial charge in [-0.1, -0.05) is 36.4 Å². The van der Waals surface area contributed by atoms with Crippen LogP contribution in [0.15, 0.2) is 53.4 Å². The van der Waals surface area contributed by atoms with Crippen LogP contribution in [0.3, 0.4) is 0 Å². The van der Waals surface area contributed by atoms with E-state index in [4.69, 9.17) is 10.5 Å². The van der Waals surface area contributed by atoms with Crippen LogP contribution in [0.1, 0.15) is 40.4 Å². The number of carbonyl (C=O) groups excluding carboxylic acids is 3. The predicted molar refractivity (Wildman–Crippen MR) is 107 cm³/mol. The third-order valence-corrected chi connectivity index (χ3v) is 5.59. The molecule has 1 atom stereocenters. The predicted octanol–water partition coefficient (Wildman–Crippen LogP) is 2.61. The molecule has 1 aliphatic rings. The number of rotatable bonds is 7. The van der Waals surface area contributed by atoms with Crippen LogP contribution in [-0.4, -0.2) is 30.1 Å². The van der Waals surface area contributed by atoms with Gasteiger partial charge in [0.2, 0.25) is 5.91 Å². The number of hydrogen-bond donors (Lipinski definition) is 2. The molecule has 1 unspecified atom stereocenters. The first-order chi connectivity index (χ1) is 13.5. The van der Waals surface area contributed by atoms with E-state index in [-0.39, 0.29) is 17.7 Å². The number of amides is 2. The molecule has 3 rings (SSSR count). The molecule has 146 valence electrons. The number of carbonyl (C=O) groups is 3. The highest BCUT2D eigenvalue weighted by molar-refractivity contribution is 8.00. The first-order valence-electron chi connectivity index (χ1n) is 9.09. The van der Waals surface area contributed by atoms with Crippen LogP contribution in [0.25, 0.3) is 0 Å². The molecule has 0 saturated carbocycles. The third-order valence-electron chi connectivity index (χ3n) is 4.52. The maximum Gasteiger partial charge on any atom is 0.339 e. The largest absolute Gasteiger partial charge is 0.452 e. The Morgan fingerprint density at radius 3 is 2.68 bits per heavy atom. The fraction of sp³-hybridized carbons (Fsp3) is 0.286. The van der Waals surface area contributed by atoms with Gasteiger partial charge < -0.3 is 15.8 Å². The van der Waals surface area contributed by atoms with E-state index in [0.29, 0.717) is 10.5 Å². The molecule has 0 aliphatic heterocycles. The average Bonchev–Trinajstić information content (AvgIpc) is 2.71. The number of thioether (sulfide) groups is 1. The summed E-state index contributed by atoms with van der Waals surface area (Å²) in [5, 5.41) is 3.10. The van der Waals surface area contributed by atoms with E-state index in [2.05, 4.69) is 17.4 Å². The first-order valence-corrected chi connectivity index (χ1v) is 10.1. The van der Waals surface area contributed by atoms with Crippen molar-refractivity contribution in [2.45, 2.75) is 30.2 Å². The van der Waals surface area contributed by atoms with Gasteiger partial charge >= 0.3 is 5.97 Å². The maximum absolute atomic E-state index is 12.5. The van der Waals surface area contributed by atoms with Crippen molar-refractivity contribution in [1.82, 2.24) is 5.32 Å². The fourth-order valence-electron chi connectivity index (χ4n) is 3.26. The standard InChI is InChI=1S/C21H22N2O4S/c22-19(24)12-27-21(26)16-9-3-4-11-18(16)28-13-20(25)23-17-10-5-7-14-6-1-2-8-15(14)17/h1-4,6,8-9,11,17H,5,7,10,12-13H2,(H2,22,24)(H,23,25). The van der Waals surface area contributed by atoms with Crippen LogP contribution in [0.4, 0.5) is 0 Å². The minimum absolute atomic E-state index is 0.0221. The Hall–Kier alpha value is -2.80. The molecular formula is C21H22N2O4S. The van der Waals surface area contributed by atoms with Crippen molar-refractivity contribution in [2.75, 3.05) is 12.4 Å². The van der Waals surface area contributed by atoms with Gasteiger partial charge in [-0.05, 0) is 42.5 Å². The van der Waals surface area contributed by atoms with E-state index >= 15 is 0 Å². The number of fused-ring (bicyclic) bond motifs is 1. The zero-order chi connectivity index (χ0) is 19.9. The summed E-state index contributed by atoms with van der Waals surface area (Å²) in [5.74, 6) is -1.26. The van der Waals surface area contributed by atoms with Gasteiger partial charge in [-0.15, -0.1) is 11.8 Å². The van der Waals surface area contributed by atoms with E-state index in [0.717, 1.165) is 19.3 Å². The Morgan fingerprint density at radius 2 is 1.86 bits per heavy atom. The van der Waals surface area contributed by atoms with E-state index in [1.165, 1.54) is 22.9 Å². The van der Waals surface area contributed by atoms with Crippen molar-refractivity contribution >= 4 is 29.5 Å². The Bertz CT molecular complexity index is 884. The second-order valence-electron chi connectivity index (χ2n) is 6.54. The van der Waals surface area contributed by atoms with Crippen LogP contribution in [0.2, 0.25) is 0 Å². The highest BCUT2D eigenvalue weighted by Crippen LogP contribution is 2.30. The molecule has 6 nitrogen and oxygen atoms in total. The molecule has 0 heterocycles. The Kier molecular flexibility index (Phi) is 6.71. The number of nitrogens with one attached hydrogen (secondary N) is 1. The van der Waals surface area contributed by atoms with Gasteiger partial charge in [0, 0.05) is 4.90 Å². The molecule has 0 radical (unpaired) electrons. The highest BCUT2D eigenvalue weighted by Gasteiger charge is 2.22. The van der Waals surface area contributed by atoms with Crippen molar-refractivity contribution in [3.05, 3.63) is 65.2 Å². The molecule has 2 amide bonds. The number of ether oxygens (including phenoxy) is 1. The molecule has 0 bridgehead atoms. The summed E-state index contributed by atoms with van der Waals surface area (Å²) in [6.45, 7) is -0.473. The third kappa shape index (κ3) is 5.13. The normalized spacial score (nSPS) is 15.4. The molecular weight excluding hydrogens is 376 g/mol. The molecule has 0 spiro atoms.